The van der Waals surface area contributed by atoms with Crippen molar-refractivity contribution in [3.05, 3.63) is 25.8 Å². The fourth-order valence-corrected chi connectivity index (χ4v) is 1.56. The number of nitrogen functional groups attached to an aromatic ring is 1. The number of anilines is 1. The average Bonchev–Trinajstić information content (AvgIpc) is 2.09. The van der Waals surface area contributed by atoms with Crippen LogP contribution >= 0.6 is 22.6 Å². The lowest BCUT2D eigenvalue weighted by Gasteiger charge is -2.05. The minimum atomic E-state index is -0.517. The van der Waals surface area contributed by atoms with Crippen molar-refractivity contribution in [1.29, 1.82) is 0 Å². The third-order valence-corrected chi connectivity index (χ3v) is 2.65. The van der Waals surface area contributed by atoms with Gasteiger partial charge in [-0.25, -0.2) is 0 Å². The highest BCUT2D eigenvalue weighted by Gasteiger charge is 2.16. The Labute approximate surface area is 88.2 Å². The standard InChI is InChI=1S/C7H7IN2O3/c1-13-5-3-2-4(10(11)12)7(9)6(5)8/h2-3H,9H2,1H3. The predicted octanol–water partition coefficient (Wildman–Crippen LogP) is 1.79. The van der Waals surface area contributed by atoms with E-state index in [1.165, 1.54) is 19.2 Å². The zero-order valence-electron chi connectivity index (χ0n) is 6.78. The topological polar surface area (TPSA) is 78.4 Å². The van der Waals surface area contributed by atoms with Gasteiger partial charge in [-0.3, -0.25) is 10.1 Å². The van der Waals surface area contributed by atoms with Crippen LogP contribution in [0.25, 0.3) is 0 Å². The first kappa shape index (κ1) is 10.0. The summed E-state index contributed by atoms with van der Waals surface area (Å²) in [7, 11) is 1.49. The third-order valence-electron chi connectivity index (χ3n) is 1.54. The quantitative estimate of drug-likeness (QED) is 0.390. The first-order chi connectivity index (χ1) is 6.07. The van der Waals surface area contributed by atoms with Crippen molar-refractivity contribution >= 4 is 34.0 Å². The van der Waals surface area contributed by atoms with Crippen LogP contribution in [0, 0.1) is 13.7 Å². The van der Waals surface area contributed by atoms with E-state index < -0.39 is 4.92 Å². The Morgan fingerprint density at radius 1 is 1.62 bits per heavy atom. The normalized spacial score (nSPS) is 9.69. The van der Waals surface area contributed by atoms with E-state index in [1.807, 2.05) is 22.6 Å². The minimum absolute atomic E-state index is 0.0924. The molecule has 0 atom stereocenters. The number of rotatable bonds is 2. The van der Waals surface area contributed by atoms with Gasteiger partial charge < -0.3 is 10.5 Å². The molecule has 13 heavy (non-hydrogen) atoms. The predicted molar refractivity (Wildman–Crippen MR) is 56.8 cm³/mol. The molecule has 1 aromatic rings. The molecule has 0 spiro atoms. The number of nitro groups is 1. The van der Waals surface area contributed by atoms with Crippen LogP contribution in [0.1, 0.15) is 0 Å². The molecule has 0 amide bonds. The van der Waals surface area contributed by atoms with Crippen LogP contribution in [-0.2, 0) is 0 Å². The summed E-state index contributed by atoms with van der Waals surface area (Å²) in [5, 5.41) is 10.5. The molecule has 0 heterocycles. The fourth-order valence-electron chi connectivity index (χ4n) is 0.880. The second-order valence-corrected chi connectivity index (χ2v) is 3.35. The molecule has 1 aromatic carbocycles. The zero-order valence-corrected chi connectivity index (χ0v) is 8.94. The first-order valence-electron chi connectivity index (χ1n) is 3.34. The van der Waals surface area contributed by atoms with Gasteiger partial charge >= 0.3 is 0 Å². The van der Waals surface area contributed by atoms with Gasteiger partial charge in [-0.2, -0.15) is 0 Å². The second-order valence-electron chi connectivity index (χ2n) is 2.27. The largest absolute Gasteiger partial charge is 0.496 e. The fraction of sp³-hybridized carbons (Fsp3) is 0.143. The van der Waals surface area contributed by atoms with Gasteiger partial charge in [0.05, 0.1) is 15.6 Å². The molecule has 0 aliphatic heterocycles. The summed E-state index contributed by atoms with van der Waals surface area (Å²) in [6.45, 7) is 0. The summed E-state index contributed by atoms with van der Waals surface area (Å²) in [4.78, 5) is 9.94. The van der Waals surface area contributed by atoms with Crippen molar-refractivity contribution in [2.24, 2.45) is 0 Å². The lowest BCUT2D eigenvalue weighted by atomic mass is 10.2. The van der Waals surface area contributed by atoms with E-state index in [0.29, 0.717) is 9.32 Å². The number of nitrogens with zero attached hydrogens (tertiary/aromatic N) is 1. The summed E-state index contributed by atoms with van der Waals surface area (Å²) in [5.74, 6) is 0.545. The van der Waals surface area contributed by atoms with Crippen LogP contribution in [0.5, 0.6) is 5.75 Å². The molecule has 0 fully saturated rings. The highest BCUT2D eigenvalue weighted by Crippen LogP contribution is 2.33. The monoisotopic (exact) mass is 294 g/mol. The summed E-state index contributed by atoms with van der Waals surface area (Å²) in [6, 6.07) is 2.85. The average molecular weight is 294 g/mol. The van der Waals surface area contributed by atoms with Crippen LogP contribution in [0.2, 0.25) is 0 Å². The summed E-state index contributed by atoms with van der Waals surface area (Å²) in [6.07, 6.45) is 0. The molecule has 0 aliphatic carbocycles. The highest BCUT2D eigenvalue weighted by molar-refractivity contribution is 14.1. The molecule has 1 rings (SSSR count). The molecule has 0 radical (unpaired) electrons. The Morgan fingerprint density at radius 2 is 2.23 bits per heavy atom. The molecule has 0 saturated heterocycles. The maximum atomic E-state index is 10.5. The summed E-state index contributed by atoms with van der Waals surface area (Å²) in [5.41, 5.74) is 5.58. The maximum absolute atomic E-state index is 10.5. The van der Waals surface area contributed by atoms with Crippen molar-refractivity contribution in [3.63, 3.8) is 0 Å². The first-order valence-corrected chi connectivity index (χ1v) is 4.42. The lowest BCUT2D eigenvalue weighted by molar-refractivity contribution is -0.384. The summed E-state index contributed by atoms with van der Waals surface area (Å²) < 4.78 is 5.51. The van der Waals surface area contributed by atoms with Gasteiger partial charge in [-0.05, 0) is 28.7 Å². The van der Waals surface area contributed by atoms with E-state index in [4.69, 9.17) is 10.5 Å². The Kier molecular flexibility index (Phi) is 2.91. The molecular formula is C7H7IN2O3. The molecule has 5 nitrogen and oxygen atoms in total. The molecule has 0 unspecified atom stereocenters. The van der Waals surface area contributed by atoms with E-state index in [0.717, 1.165) is 0 Å². The number of nitro benzene ring substituents is 1. The van der Waals surface area contributed by atoms with Gasteiger partial charge in [0.2, 0.25) is 0 Å². The molecule has 0 aliphatic rings. The molecule has 6 heteroatoms. The number of halogens is 1. The summed E-state index contributed by atoms with van der Waals surface area (Å²) >= 11 is 1.91. The van der Waals surface area contributed by atoms with E-state index in [1.54, 1.807) is 0 Å². The number of nitrogens with two attached hydrogens (primary N) is 1. The van der Waals surface area contributed by atoms with Gasteiger partial charge in [0.25, 0.3) is 5.69 Å². The number of hydrogen-bond donors (Lipinski definition) is 1. The molecule has 0 aromatic heterocycles. The van der Waals surface area contributed by atoms with E-state index >= 15 is 0 Å². The van der Waals surface area contributed by atoms with E-state index in [9.17, 15) is 10.1 Å². The Hall–Kier alpha value is -1.05. The van der Waals surface area contributed by atoms with Crippen LogP contribution in [0.15, 0.2) is 12.1 Å². The van der Waals surface area contributed by atoms with E-state index in [-0.39, 0.29) is 11.4 Å². The van der Waals surface area contributed by atoms with Gasteiger partial charge in [0.15, 0.2) is 0 Å². The number of benzene rings is 1. The van der Waals surface area contributed by atoms with Crippen molar-refractivity contribution in [1.82, 2.24) is 0 Å². The van der Waals surface area contributed by atoms with Crippen LogP contribution in [0.3, 0.4) is 0 Å². The number of hydrogen-bond acceptors (Lipinski definition) is 4. The molecular weight excluding hydrogens is 287 g/mol. The van der Waals surface area contributed by atoms with Gasteiger partial charge in [-0.15, -0.1) is 0 Å². The Balaban J connectivity index is 3.31. The molecule has 70 valence electrons. The van der Waals surface area contributed by atoms with Gasteiger partial charge in [0.1, 0.15) is 11.4 Å². The van der Waals surface area contributed by atoms with Crippen LogP contribution in [-0.4, -0.2) is 12.0 Å². The maximum Gasteiger partial charge on any atom is 0.293 e. The Morgan fingerprint density at radius 3 is 2.69 bits per heavy atom. The van der Waals surface area contributed by atoms with Crippen molar-refractivity contribution in [3.8, 4) is 5.75 Å². The SMILES string of the molecule is COc1ccc([N+](=O)[O-])c(N)c1I. The zero-order chi connectivity index (χ0) is 10.0. The number of methoxy groups -OCH3 is 1. The van der Waals surface area contributed by atoms with Gasteiger partial charge in [-0.1, -0.05) is 0 Å². The minimum Gasteiger partial charge on any atom is -0.496 e. The van der Waals surface area contributed by atoms with Crippen molar-refractivity contribution < 1.29 is 9.66 Å². The third kappa shape index (κ3) is 1.82. The lowest BCUT2D eigenvalue weighted by Crippen LogP contribution is -1.99. The number of ether oxygens (including phenoxy) is 1. The smallest absolute Gasteiger partial charge is 0.293 e. The van der Waals surface area contributed by atoms with E-state index in [2.05, 4.69) is 0 Å². The van der Waals surface area contributed by atoms with Crippen molar-refractivity contribution in [2.75, 3.05) is 12.8 Å². The highest BCUT2D eigenvalue weighted by atomic mass is 127. The van der Waals surface area contributed by atoms with Crippen LogP contribution < -0.4 is 10.5 Å². The molecule has 2 N–H and O–H groups in total. The molecule has 0 saturated carbocycles. The van der Waals surface area contributed by atoms with Gasteiger partial charge in [0, 0.05) is 6.07 Å². The Bertz CT molecular complexity index is 354. The van der Waals surface area contributed by atoms with Crippen LogP contribution in [0.4, 0.5) is 11.4 Å². The second kappa shape index (κ2) is 3.77. The van der Waals surface area contributed by atoms with Crippen molar-refractivity contribution in [2.45, 2.75) is 0 Å². The molecule has 0 bridgehead atoms.